The number of piperidine rings is 1. The van der Waals surface area contributed by atoms with E-state index in [0.29, 0.717) is 41.9 Å². The lowest BCUT2D eigenvalue weighted by Gasteiger charge is -2.46. The normalized spacial score (nSPS) is 22.2. The minimum Gasteiger partial charge on any atom is -0.494 e. The lowest BCUT2D eigenvalue weighted by molar-refractivity contribution is -0.178. The molecule has 1 aliphatic carbocycles. The number of hydrogen-bond acceptors (Lipinski definition) is 5. The summed E-state index contributed by atoms with van der Waals surface area (Å²) < 4.78 is 41.9. The topological polar surface area (TPSA) is 72.0 Å². The number of rotatable bonds is 5. The molecular weight excluding hydrogens is 480 g/mol. The molecule has 0 radical (unpaired) electrons. The van der Waals surface area contributed by atoms with Crippen LogP contribution in [-0.2, 0) is 20.9 Å². The Morgan fingerprint density at radius 2 is 1.92 bits per heavy atom. The summed E-state index contributed by atoms with van der Waals surface area (Å²) >= 11 is 0. The first-order valence-corrected chi connectivity index (χ1v) is 12.5. The van der Waals surface area contributed by atoms with Crippen molar-refractivity contribution in [3.63, 3.8) is 0 Å². The molecule has 2 aliphatic heterocycles. The van der Waals surface area contributed by atoms with Crippen molar-refractivity contribution in [1.29, 1.82) is 0 Å². The molecule has 1 unspecified atom stereocenters. The SMILES string of the molecule is COc1c(-c2cc(F)c(CN3CCC4(CC3=O)CN(C3CC3)C(=O)CO4)c(F)c2)ccc2cccnc12. The number of carbonyl (C=O) groups excluding carboxylic acids is 2. The molecule has 3 fully saturated rings. The molecule has 1 saturated carbocycles. The fourth-order valence-corrected chi connectivity index (χ4v) is 5.48. The van der Waals surface area contributed by atoms with Gasteiger partial charge in [0.2, 0.25) is 11.8 Å². The molecule has 9 heteroatoms. The minimum absolute atomic E-state index is 0.0255. The van der Waals surface area contributed by atoms with Gasteiger partial charge in [0.05, 0.1) is 32.2 Å². The first-order valence-electron chi connectivity index (χ1n) is 12.5. The minimum atomic E-state index is -0.731. The monoisotopic (exact) mass is 507 g/mol. The molecule has 3 aliphatic rings. The van der Waals surface area contributed by atoms with Gasteiger partial charge < -0.3 is 19.3 Å². The Kier molecular flexibility index (Phi) is 5.82. The van der Waals surface area contributed by atoms with Gasteiger partial charge in [-0.05, 0) is 49.1 Å². The van der Waals surface area contributed by atoms with Crippen LogP contribution in [0, 0.1) is 11.6 Å². The molecule has 192 valence electrons. The first kappa shape index (κ1) is 23.8. The highest BCUT2D eigenvalue weighted by Crippen LogP contribution is 2.39. The van der Waals surface area contributed by atoms with Crippen molar-refractivity contribution < 1.29 is 27.8 Å². The maximum atomic E-state index is 15.3. The predicted octanol–water partition coefficient (Wildman–Crippen LogP) is 4.07. The van der Waals surface area contributed by atoms with E-state index in [1.807, 2.05) is 23.1 Å². The van der Waals surface area contributed by atoms with Gasteiger partial charge in [-0.1, -0.05) is 12.1 Å². The van der Waals surface area contributed by atoms with Gasteiger partial charge in [-0.25, -0.2) is 8.78 Å². The van der Waals surface area contributed by atoms with E-state index in [2.05, 4.69) is 4.98 Å². The number of ether oxygens (including phenoxy) is 2. The highest BCUT2D eigenvalue weighted by Gasteiger charge is 2.48. The Labute approximate surface area is 213 Å². The molecule has 2 aromatic carbocycles. The molecule has 0 bridgehead atoms. The summed E-state index contributed by atoms with van der Waals surface area (Å²) in [6, 6.07) is 10.1. The summed E-state index contributed by atoms with van der Waals surface area (Å²) in [6.45, 7) is 0.503. The molecule has 37 heavy (non-hydrogen) atoms. The van der Waals surface area contributed by atoms with Gasteiger partial charge in [-0.15, -0.1) is 0 Å². The summed E-state index contributed by atoms with van der Waals surface area (Å²) in [5, 5.41) is 0.855. The molecule has 2 amide bonds. The third-order valence-electron chi connectivity index (χ3n) is 7.67. The van der Waals surface area contributed by atoms with Crippen molar-refractivity contribution in [2.24, 2.45) is 0 Å². The summed E-state index contributed by atoms with van der Waals surface area (Å²) in [5.74, 6) is -1.30. The van der Waals surface area contributed by atoms with Crippen LogP contribution in [0.3, 0.4) is 0 Å². The molecule has 3 aromatic rings. The second-order valence-corrected chi connectivity index (χ2v) is 10.1. The van der Waals surface area contributed by atoms with Crippen molar-refractivity contribution in [3.8, 4) is 16.9 Å². The largest absolute Gasteiger partial charge is 0.494 e. The average molecular weight is 508 g/mol. The van der Waals surface area contributed by atoms with Crippen LogP contribution in [0.4, 0.5) is 8.78 Å². The first-order chi connectivity index (χ1) is 17.9. The summed E-state index contributed by atoms with van der Waals surface area (Å²) in [5.41, 5.74) is 0.578. The number of pyridine rings is 1. The van der Waals surface area contributed by atoms with Crippen molar-refractivity contribution in [1.82, 2.24) is 14.8 Å². The molecule has 1 spiro atoms. The Balaban J connectivity index is 1.22. The number of nitrogens with zero attached hydrogens (tertiary/aromatic N) is 3. The van der Waals surface area contributed by atoms with Gasteiger partial charge in [0.15, 0.2) is 5.75 Å². The standard InChI is InChI=1S/C28H27F2N3O4/c1-36-27-20(7-4-17-3-2-9-31-26(17)27)18-11-22(29)21(23(30)12-18)14-32-10-8-28(13-24(32)34)16-33(19-5-6-19)25(35)15-37-28/h2-4,7,9,11-12,19H,5-6,8,10,13-16H2,1H3. The molecule has 3 heterocycles. The average Bonchev–Trinajstić information content (AvgIpc) is 3.74. The van der Waals surface area contributed by atoms with Crippen LogP contribution in [-0.4, -0.2) is 65.0 Å². The number of amides is 2. The molecule has 7 nitrogen and oxygen atoms in total. The summed E-state index contributed by atoms with van der Waals surface area (Å²) in [6.07, 6.45) is 4.21. The van der Waals surface area contributed by atoms with Crippen molar-refractivity contribution >= 4 is 22.7 Å². The maximum absolute atomic E-state index is 15.3. The molecule has 1 atom stereocenters. The number of likely N-dealkylation sites (tertiary alicyclic amines) is 1. The van der Waals surface area contributed by atoms with Crippen LogP contribution in [0.2, 0.25) is 0 Å². The third kappa shape index (κ3) is 4.31. The van der Waals surface area contributed by atoms with Crippen LogP contribution in [0.15, 0.2) is 42.6 Å². The Morgan fingerprint density at radius 3 is 2.62 bits per heavy atom. The fourth-order valence-electron chi connectivity index (χ4n) is 5.48. The van der Waals surface area contributed by atoms with Crippen LogP contribution < -0.4 is 4.74 Å². The Bertz CT molecular complexity index is 1390. The van der Waals surface area contributed by atoms with Gasteiger partial charge in [-0.3, -0.25) is 14.6 Å². The number of hydrogen-bond donors (Lipinski definition) is 0. The van der Waals surface area contributed by atoms with Gasteiger partial charge in [-0.2, -0.15) is 0 Å². The van der Waals surface area contributed by atoms with E-state index in [1.54, 1.807) is 12.3 Å². The number of benzene rings is 2. The summed E-state index contributed by atoms with van der Waals surface area (Å²) in [4.78, 5) is 32.9. The maximum Gasteiger partial charge on any atom is 0.248 e. The van der Waals surface area contributed by atoms with Crippen molar-refractivity contribution in [2.45, 2.75) is 43.9 Å². The van der Waals surface area contributed by atoms with Crippen LogP contribution >= 0.6 is 0 Å². The molecule has 6 rings (SSSR count). The number of carbonyl (C=O) groups is 2. The number of morpholine rings is 1. The molecule has 2 saturated heterocycles. The van der Waals surface area contributed by atoms with Gasteiger partial charge in [0.25, 0.3) is 0 Å². The van der Waals surface area contributed by atoms with Crippen LogP contribution in [0.1, 0.15) is 31.2 Å². The van der Waals surface area contributed by atoms with Crippen molar-refractivity contribution in [2.75, 3.05) is 26.8 Å². The fraction of sp³-hybridized carbons (Fsp3) is 0.393. The zero-order valence-corrected chi connectivity index (χ0v) is 20.5. The van der Waals surface area contributed by atoms with E-state index >= 15 is 8.78 Å². The Hall–Kier alpha value is -3.59. The van der Waals surface area contributed by atoms with E-state index in [0.717, 1.165) is 18.2 Å². The lowest BCUT2D eigenvalue weighted by Crippen LogP contribution is -2.60. The second-order valence-electron chi connectivity index (χ2n) is 10.1. The third-order valence-corrected chi connectivity index (χ3v) is 7.67. The second kappa shape index (κ2) is 9.06. The number of aromatic nitrogens is 1. The van der Waals surface area contributed by atoms with Crippen LogP contribution in [0.25, 0.3) is 22.0 Å². The predicted molar refractivity (Wildman–Crippen MR) is 132 cm³/mol. The molecular formula is C28H27F2N3O4. The zero-order chi connectivity index (χ0) is 25.7. The lowest BCUT2D eigenvalue weighted by atomic mass is 9.88. The number of fused-ring (bicyclic) bond motifs is 1. The van der Waals surface area contributed by atoms with Gasteiger partial charge in [0.1, 0.15) is 23.8 Å². The van der Waals surface area contributed by atoms with E-state index in [4.69, 9.17) is 9.47 Å². The van der Waals surface area contributed by atoms with Crippen LogP contribution in [0.5, 0.6) is 5.75 Å². The highest BCUT2D eigenvalue weighted by molar-refractivity contribution is 5.92. The molecule has 0 N–H and O–H groups in total. The number of methoxy groups -OCH3 is 1. The van der Waals surface area contributed by atoms with E-state index < -0.39 is 17.2 Å². The number of halogens is 2. The van der Waals surface area contributed by atoms with E-state index in [9.17, 15) is 9.59 Å². The quantitative estimate of drug-likeness (QED) is 0.521. The highest BCUT2D eigenvalue weighted by atomic mass is 19.1. The zero-order valence-electron chi connectivity index (χ0n) is 20.5. The van der Waals surface area contributed by atoms with E-state index in [-0.39, 0.29) is 43.0 Å². The van der Waals surface area contributed by atoms with Gasteiger partial charge in [0, 0.05) is 35.3 Å². The van der Waals surface area contributed by atoms with E-state index in [1.165, 1.54) is 24.1 Å². The van der Waals surface area contributed by atoms with Gasteiger partial charge >= 0.3 is 0 Å². The van der Waals surface area contributed by atoms with Crippen molar-refractivity contribution in [3.05, 3.63) is 59.8 Å². The smallest absolute Gasteiger partial charge is 0.248 e. The Morgan fingerprint density at radius 1 is 1.14 bits per heavy atom. The molecule has 1 aromatic heterocycles. The summed E-state index contributed by atoms with van der Waals surface area (Å²) in [7, 11) is 1.50.